The van der Waals surface area contributed by atoms with Gasteiger partial charge >= 0.3 is 11.4 Å². The van der Waals surface area contributed by atoms with Crippen LogP contribution in [0.1, 0.15) is 82.6 Å². The molecule has 0 bridgehead atoms. The van der Waals surface area contributed by atoms with Gasteiger partial charge in [-0.05, 0) is 109 Å². The summed E-state index contributed by atoms with van der Waals surface area (Å²) in [7, 11) is 6.40. The summed E-state index contributed by atoms with van der Waals surface area (Å²) < 4.78 is 53.9. The smallest absolute Gasteiger partial charge is 0.333 e. The Kier molecular flexibility index (Phi) is 18.0. The van der Waals surface area contributed by atoms with Crippen LogP contribution >= 0.6 is 0 Å². The van der Waals surface area contributed by atoms with Gasteiger partial charge in [0.15, 0.2) is 0 Å². The van der Waals surface area contributed by atoms with Crippen LogP contribution in [0, 0.1) is 13.8 Å². The number of aliphatic hydroxyl groups excluding tert-OH is 2. The first-order valence-corrected chi connectivity index (χ1v) is 28.0. The van der Waals surface area contributed by atoms with E-state index in [0.717, 1.165) is 42.5 Å². The van der Waals surface area contributed by atoms with Gasteiger partial charge in [0.05, 0.1) is 53.9 Å². The van der Waals surface area contributed by atoms with Gasteiger partial charge in [-0.2, -0.15) is 0 Å². The molecule has 0 amide bonds. The molecule has 2 saturated heterocycles. The quantitative estimate of drug-likeness (QED) is 0.0464. The van der Waals surface area contributed by atoms with Crippen LogP contribution < -0.4 is 41.4 Å². The highest BCUT2D eigenvalue weighted by Gasteiger charge is 2.44. The van der Waals surface area contributed by atoms with Gasteiger partial charge in [0.25, 0.3) is 11.1 Å². The van der Waals surface area contributed by atoms with Gasteiger partial charge in [-0.3, -0.25) is 27.9 Å². The third kappa shape index (κ3) is 11.6. The summed E-state index contributed by atoms with van der Waals surface area (Å²) in [4.78, 5) is 55.9. The molecule has 2 aliphatic rings. The van der Waals surface area contributed by atoms with Crippen molar-refractivity contribution in [3.8, 4) is 23.0 Å². The van der Waals surface area contributed by atoms with Gasteiger partial charge in [-0.1, -0.05) is 109 Å². The molecule has 0 unspecified atom stereocenters. The van der Waals surface area contributed by atoms with Crippen LogP contribution in [0.25, 0.3) is 0 Å². The van der Waals surface area contributed by atoms with Gasteiger partial charge in [0, 0.05) is 49.5 Å². The highest BCUT2D eigenvalue weighted by atomic mass is 16.6. The Bertz CT molecular complexity index is 3410. The highest BCUT2D eigenvalue weighted by molar-refractivity contribution is 5.51. The number of aromatic nitrogens is 4. The zero-order valence-corrected chi connectivity index (χ0v) is 47.9. The number of aryl methyl sites for hydroxylation is 2. The van der Waals surface area contributed by atoms with Crippen LogP contribution in [-0.4, -0.2) is 94.6 Å². The van der Waals surface area contributed by atoms with Crippen molar-refractivity contribution in [1.29, 1.82) is 0 Å². The first-order chi connectivity index (χ1) is 40.7. The molecule has 2 N–H and O–H groups in total. The van der Waals surface area contributed by atoms with Gasteiger partial charge in [0.1, 0.15) is 58.9 Å². The second kappa shape index (κ2) is 25.6. The fourth-order valence-corrected chi connectivity index (χ4v) is 11.5. The lowest BCUT2D eigenvalue weighted by Crippen LogP contribution is -2.43. The van der Waals surface area contributed by atoms with E-state index in [-0.39, 0.29) is 63.1 Å². The summed E-state index contributed by atoms with van der Waals surface area (Å²) in [6, 6.07) is 49.8. The molecular formula is C66H70N4O14. The van der Waals surface area contributed by atoms with Crippen molar-refractivity contribution in [2.24, 2.45) is 0 Å². The SMILES string of the molecule is COc1ccc(C(OC[C@H]2O[C@@H](n3cc(C)c(=O)n(CCCCn4c(=O)c(C)cn([C@H]5C[C@H](O)[C@@H](COC(c6ccccc6)(c6ccc(OC)cc6)c6ccc(OC)cc6)O5)c4=O)c3=O)C[C@@H]2O)(c2ccccc2)c2ccc(OC)cc2)cc1. The number of methoxy groups -OCH3 is 4. The predicted octanol–water partition coefficient (Wildman–Crippen LogP) is 7.78. The van der Waals surface area contributed by atoms with Crippen molar-refractivity contribution in [3.63, 3.8) is 0 Å². The molecule has 2 fully saturated rings. The summed E-state index contributed by atoms with van der Waals surface area (Å²) in [5.41, 5.74) is 0.686. The molecule has 0 saturated carbocycles. The molecule has 2 aromatic heterocycles. The van der Waals surface area contributed by atoms with Gasteiger partial charge in [-0.25, -0.2) is 9.59 Å². The Hall–Kier alpha value is -8.36. The van der Waals surface area contributed by atoms with E-state index in [2.05, 4.69) is 0 Å². The molecule has 18 heteroatoms. The molecule has 438 valence electrons. The van der Waals surface area contributed by atoms with Crippen molar-refractivity contribution in [2.45, 2.75) is 101 Å². The maximum absolute atomic E-state index is 14.3. The van der Waals surface area contributed by atoms with E-state index in [1.807, 2.05) is 158 Å². The molecule has 18 nitrogen and oxygen atoms in total. The Labute approximate surface area is 486 Å². The van der Waals surface area contributed by atoms with Crippen molar-refractivity contribution in [1.82, 2.24) is 18.3 Å². The van der Waals surface area contributed by atoms with Crippen molar-refractivity contribution >= 4 is 0 Å². The maximum Gasteiger partial charge on any atom is 0.333 e. The summed E-state index contributed by atoms with van der Waals surface area (Å²) in [6.07, 6.45) is -2.31. The van der Waals surface area contributed by atoms with E-state index in [1.54, 1.807) is 42.3 Å². The minimum Gasteiger partial charge on any atom is -0.497 e. The van der Waals surface area contributed by atoms with Crippen LogP contribution in [0.5, 0.6) is 23.0 Å². The first-order valence-electron chi connectivity index (χ1n) is 28.0. The largest absolute Gasteiger partial charge is 0.497 e. The molecule has 0 spiro atoms. The minimum absolute atomic E-state index is 0.0314. The second-order valence-electron chi connectivity index (χ2n) is 21.1. The third-order valence-electron chi connectivity index (χ3n) is 16.1. The lowest BCUT2D eigenvalue weighted by molar-refractivity contribution is -0.0946. The first kappa shape index (κ1) is 58.8. The van der Waals surface area contributed by atoms with Crippen molar-refractivity contribution in [3.05, 3.63) is 256 Å². The summed E-state index contributed by atoms with van der Waals surface area (Å²) in [6.45, 7) is 2.97. The van der Waals surface area contributed by atoms with E-state index in [1.165, 1.54) is 21.5 Å². The summed E-state index contributed by atoms with van der Waals surface area (Å²) >= 11 is 0. The average Bonchev–Trinajstić information content (AvgIpc) is 1.45. The Morgan fingerprint density at radius 2 is 0.726 bits per heavy atom. The lowest BCUT2D eigenvalue weighted by Gasteiger charge is -2.37. The number of unbranched alkanes of at least 4 members (excludes halogenated alkanes) is 1. The van der Waals surface area contributed by atoms with Crippen LogP contribution in [0.15, 0.2) is 189 Å². The van der Waals surface area contributed by atoms with Crippen LogP contribution in [0.3, 0.4) is 0 Å². The van der Waals surface area contributed by atoms with Crippen LogP contribution in [0.2, 0.25) is 0 Å². The maximum atomic E-state index is 14.3. The number of hydrogen-bond donors (Lipinski definition) is 2. The van der Waals surface area contributed by atoms with E-state index in [4.69, 9.17) is 37.9 Å². The monoisotopic (exact) mass is 1140 g/mol. The summed E-state index contributed by atoms with van der Waals surface area (Å²) in [5.74, 6) is 2.65. The number of benzene rings is 6. The molecule has 0 aliphatic carbocycles. The third-order valence-corrected chi connectivity index (χ3v) is 16.1. The lowest BCUT2D eigenvalue weighted by atomic mass is 9.80. The molecule has 84 heavy (non-hydrogen) atoms. The Morgan fingerprint density at radius 1 is 0.440 bits per heavy atom. The normalized spacial score (nSPS) is 18.9. The Balaban J connectivity index is 0.834. The molecule has 4 heterocycles. The van der Waals surface area contributed by atoms with Gasteiger partial charge in [-0.15, -0.1) is 0 Å². The zero-order chi connectivity index (χ0) is 59.1. The van der Waals surface area contributed by atoms with Gasteiger partial charge in [0.2, 0.25) is 0 Å². The van der Waals surface area contributed by atoms with Crippen LogP contribution in [0.4, 0.5) is 0 Å². The molecular weight excluding hydrogens is 1070 g/mol. The standard InChI is InChI=1S/C66H70N4O14/c1-43-39-69(59-37-55(71)57(83-59)41-81-65(45-15-9-7-10-16-45,47-19-27-51(77-3)28-20-47)48-21-29-52(78-4)30-22-48)63(75)67(61(43)73)35-13-14-36-68-62(74)44(2)40-70(64(68)76)60-38-56(72)58(84-60)42-82-66(46-17-11-8-12-18-46,49-23-31-53(79-5)32-24-49)50-25-33-54(80-6)34-26-50/h7-12,15-34,39-40,55-60,71-72H,13-14,35-38,41-42H2,1-6H3/t55-,56-,57+,58+,59+,60+/m0/s1. The van der Waals surface area contributed by atoms with E-state index < -0.39 is 70.6 Å². The molecule has 0 radical (unpaired) electrons. The molecule has 10 rings (SSSR count). The average molecular weight is 1140 g/mol. The van der Waals surface area contributed by atoms with Crippen molar-refractivity contribution < 1.29 is 48.1 Å². The number of nitrogens with zero attached hydrogens (tertiary/aromatic N) is 4. The predicted molar refractivity (Wildman–Crippen MR) is 314 cm³/mol. The number of hydrogen-bond acceptors (Lipinski definition) is 14. The number of ether oxygens (including phenoxy) is 8. The molecule has 6 atom stereocenters. The summed E-state index contributed by atoms with van der Waals surface area (Å²) in [5, 5.41) is 23.2. The number of rotatable bonds is 23. The zero-order valence-electron chi connectivity index (χ0n) is 47.9. The topological polar surface area (TPSA) is 202 Å². The fourth-order valence-electron chi connectivity index (χ4n) is 11.5. The van der Waals surface area contributed by atoms with E-state index in [9.17, 15) is 29.4 Å². The molecule has 2 aliphatic heterocycles. The van der Waals surface area contributed by atoms with Crippen LogP contribution in [-0.2, 0) is 43.2 Å². The number of aliphatic hydroxyl groups is 2. The second-order valence-corrected chi connectivity index (χ2v) is 21.1. The Morgan fingerprint density at radius 3 is 1.01 bits per heavy atom. The van der Waals surface area contributed by atoms with E-state index >= 15 is 0 Å². The molecule has 6 aromatic carbocycles. The van der Waals surface area contributed by atoms with Gasteiger partial charge < -0.3 is 48.1 Å². The molecule has 8 aromatic rings. The minimum atomic E-state index is -1.19. The fraction of sp³-hybridized carbons (Fsp3) is 0.333. The highest BCUT2D eigenvalue weighted by Crippen LogP contribution is 2.45. The van der Waals surface area contributed by atoms with Crippen molar-refractivity contribution in [2.75, 3.05) is 41.7 Å². The van der Waals surface area contributed by atoms with E-state index in [0.29, 0.717) is 23.0 Å².